The second kappa shape index (κ2) is 7.05. The van der Waals surface area contributed by atoms with Crippen molar-refractivity contribution in [3.8, 4) is 0 Å². The minimum absolute atomic E-state index is 0.884. The Morgan fingerprint density at radius 1 is 1.21 bits per heavy atom. The van der Waals surface area contributed by atoms with Crippen molar-refractivity contribution >= 4 is 0 Å². The second-order valence-corrected chi connectivity index (χ2v) is 4.51. The van der Waals surface area contributed by atoms with Gasteiger partial charge in [0.2, 0.25) is 0 Å². The van der Waals surface area contributed by atoms with Gasteiger partial charge in [0.1, 0.15) is 0 Å². The van der Waals surface area contributed by atoms with Crippen molar-refractivity contribution in [2.75, 3.05) is 13.6 Å². The molecule has 0 heterocycles. The first-order chi connectivity index (χ1) is 6.86. The Morgan fingerprint density at radius 2 is 1.93 bits per heavy atom. The van der Waals surface area contributed by atoms with Crippen LogP contribution in [0.25, 0.3) is 0 Å². The maximum atomic E-state index is 3.17. The molecule has 1 aliphatic rings. The van der Waals surface area contributed by atoms with Gasteiger partial charge in [-0.15, -0.1) is 0 Å². The summed E-state index contributed by atoms with van der Waals surface area (Å²) in [5.41, 5.74) is 0. The lowest BCUT2D eigenvalue weighted by Gasteiger charge is -2.25. The first-order valence-electron chi connectivity index (χ1n) is 6.18. The molecule has 0 spiro atoms. The molecular weight excluding hydrogens is 170 g/mol. The summed E-state index contributed by atoms with van der Waals surface area (Å²) in [5, 5.41) is 3.17. The molecule has 0 atom stereocenters. The number of hydrogen-bond acceptors (Lipinski definition) is 1. The maximum absolute atomic E-state index is 3.17. The minimum atomic E-state index is 0.884. The van der Waals surface area contributed by atoms with Crippen LogP contribution in [0.1, 0.15) is 45.4 Å². The van der Waals surface area contributed by atoms with Crippen molar-refractivity contribution in [3.05, 3.63) is 12.2 Å². The summed E-state index contributed by atoms with van der Waals surface area (Å²) < 4.78 is 0. The molecule has 0 saturated heterocycles. The molecule has 0 aromatic carbocycles. The molecule has 0 aromatic heterocycles. The monoisotopic (exact) mass is 195 g/mol. The SMILES string of the molecule is CCC1CCC(C=CCCNC)CC1. The van der Waals surface area contributed by atoms with E-state index in [0.29, 0.717) is 0 Å². The van der Waals surface area contributed by atoms with Crippen LogP contribution in [-0.2, 0) is 0 Å². The van der Waals surface area contributed by atoms with Gasteiger partial charge in [0, 0.05) is 0 Å². The third-order valence-electron chi connectivity index (χ3n) is 3.44. The van der Waals surface area contributed by atoms with E-state index in [9.17, 15) is 0 Å². The van der Waals surface area contributed by atoms with E-state index in [1.54, 1.807) is 0 Å². The van der Waals surface area contributed by atoms with E-state index in [4.69, 9.17) is 0 Å². The number of rotatable bonds is 5. The molecule has 1 nitrogen and oxygen atoms in total. The third kappa shape index (κ3) is 4.28. The van der Waals surface area contributed by atoms with E-state index in [1.807, 2.05) is 7.05 Å². The van der Waals surface area contributed by atoms with E-state index < -0.39 is 0 Å². The molecule has 1 rings (SSSR count). The van der Waals surface area contributed by atoms with Crippen LogP contribution < -0.4 is 5.32 Å². The van der Waals surface area contributed by atoms with Gasteiger partial charge in [0.25, 0.3) is 0 Å². The fourth-order valence-electron chi connectivity index (χ4n) is 2.31. The Balaban J connectivity index is 2.12. The van der Waals surface area contributed by atoms with Crippen molar-refractivity contribution in [1.82, 2.24) is 5.32 Å². The molecule has 0 aromatic rings. The zero-order valence-corrected chi connectivity index (χ0v) is 9.76. The zero-order chi connectivity index (χ0) is 10.2. The molecule has 0 radical (unpaired) electrons. The topological polar surface area (TPSA) is 12.0 Å². The lowest BCUT2D eigenvalue weighted by atomic mass is 9.81. The molecule has 82 valence electrons. The number of nitrogens with one attached hydrogen (secondary N) is 1. The van der Waals surface area contributed by atoms with Crippen molar-refractivity contribution in [2.24, 2.45) is 11.8 Å². The van der Waals surface area contributed by atoms with Gasteiger partial charge in [-0.1, -0.05) is 25.5 Å². The van der Waals surface area contributed by atoms with Gasteiger partial charge >= 0.3 is 0 Å². The third-order valence-corrected chi connectivity index (χ3v) is 3.44. The van der Waals surface area contributed by atoms with Crippen LogP contribution in [-0.4, -0.2) is 13.6 Å². The Hall–Kier alpha value is -0.300. The van der Waals surface area contributed by atoms with E-state index in [2.05, 4.69) is 24.4 Å². The summed E-state index contributed by atoms with van der Waals surface area (Å²) in [7, 11) is 2.01. The molecule has 14 heavy (non-hydrogen) atoms. The van der Waals surface area contributed by atoms with Crippen molar-refractivity contribution < 1.29 is 0 Å². The zero-order valence-electron chi connectivity index (χ0n) is 9.76. The van der Waals surface area contributed by atoms with E-state index in [-0.39, 0.29) is 0 Å². The fraction of sp³-hybridized carbons (Fsp3) is 0.846. The van der Waals surface area contributed by atoms with Crippen LogP contribution in [0.5, 0.6) is 0 Å². The summed E-state index contributed by atoms with van der Waals surface area (Å²) in [4.78, 5) is 0. The highest BCUT2D eigenvalue weighted by Gasteiger charge is 2.17. The molecule has 1 saturated carbocycles. The van der Waals surface area contributed by atoms with E-state index in [1.165, 1.54) is 38.5 Å². The molecule has 0 unspecified atom stereocenters. The average molecular weight is 195 g/mol. The molecule has 1 aliphatic carbocycles. The highest BCUT2D eigenvalue weighted by Crippen LogP contribution is 2.31. The van der Waals surface area contributed by atoms with Crippen molar-refractivity contribution in [1.29, 1.82) is 0 Å². The van der Waals surface area contributed by atoms with Gasteiger partial charge in [-0.05, 0) is 57.5 Å². The van der Waals surface area contributed by atoms with E-state index in [0.717, 1.165) is 18.4 Å². The first kappa shape index (κ1) is 11.8. The molecule has 0 bridgehead atoms. The molecule has 1 heteroatoms. The standard InChI is InChI=1S/C13H25N/c1-3-12-7-9-13(10-8-12)6-4-5-11-14-2/h4,6,12-14H,3,5,7-11H2,1-2H3. The molecular formula is C13H25N. The largest absolute Gasteiger partial charge is 0.319 e. The average Bonchev–Trinajstić information content (AvgIpc) is 2.25. The lowest BCUT2D eigenvalue weighted by molar-refractivity contribution is 0.303. The van der Waals surface area contributed by atoms with Crippen molar-refractivity contribution in [3.63, 3.8) is 0 Å². The van der Waals surface area contributed by atoms with Gasteiger partial charge in [-0.2, -0.15) is 0 Å². The summed E-state index contributed by atoms with van der Waals surface area (Å²) in [6, 6.07) is 0. The summed E-state index contributed by atoms with van der Waals surface area (Å²) >= 11 is 0. The smallest absolute Gasteiger partial charge is 0.00173 e. The Bertz CT molecular complexity index is 155. The highest BCUT2D eigenvalue weighted by atomic mass is 14.8. The highest BCUT2D eigenvalue weighted by molar-refractivity contribution is 4.91. The molecule has 0 amide bonds. The lowest BCUT2D eigenvalue weighted by Crippen LogP contribution is -2.12. The van der Waals surface area contributed by atoms with Crippen LogP contribution in [0.15, 0.2) is 12.2 Å². The van der Waals surface area contributed by atoms with Gasteiger partial charge in [0.15, 0.2) is 0 Å². The van der Waals surface area contributed by atoms with Gasteiger partial charge in [-0.25, -0.2) is 0 Å². The maximum Gasteiger partial charge on any atom is -0.00173 e. The summed E-state index contributed by atoms with van der Waals surface area (Å²) in [5.74, 6) is 1.91. The van der Waals surface area contributed by atoms with E-state index >= 15 is 0 Å². The molecule has 0 aliphatic heterocycles. The fourth-order valence-corrected chi connectivity index (χ4v) is 2.31. The van der Waals surface area contributed by atoms with Crippen molar-refractivity contribution in [2.45, 2.75) is 45.4 Å². The molecule has 1 fully saturated rings. The summed E-state index contributed by atoms with van der Waals surface area (Å²) in [6.07, 6.45) is 13.1. The predicted octanol–water partition coefficient (Wildman–Crippen LogP) is 3.37. The van der Waals surface area contributed by atoms with Crippen LogP contribution in [0.4, 0.5) is 0 Å². The predicted molar refractivity (Wildman–Crippen MR) is 63.4 cm³/mol. The van der Waals surface area contributed by atoms with Crippen LogP contribution >= 0.6 is 0 Å². The Kier molecular flexibility index (Phi) is 5.93. The number of allylic oxidation sites excluding steroid dienone is 1. The number of hydrogen-bond donors (Lipinski definition) is 1. The van der Waals surface area contributed by atoms with Gasteiger partial charge in [0.05, 0.1) is 0 Å². The van der Waals surface area contributed by atoms with Gasteiger partial charge < -0.3 is 5.32 Å². The Labute approximate surface area is 89.0 Å². The normalized spacial score (nSPS) is 28.4. The minimum Gasteiger partial charge on any atom is -0.319 e. The molecule has 1 N–H and O–H groups in total. The van der Waals surface area contributed by atoms with Crippen LogP contribution in [0, 0.1) is 11.8 Å². The van der Waals surface area contributed by atoms with Crippen LogP contribution in [0.2, 0.25) is 0 Å². The quantitative estimate of drug-likeness (QED) is 0.524. The summed E-state index contributed by atoms with van der Waals surface area (Å²) in [6.45, 7) is 3.44. The Morgan fingerprint density at radius 3 is 2.50 bits per heavy atom. The van der Waals surface area contributed by atoms with Crippen LogP contribution in [0.3, 0.4) is 0 Å². The first-order valence-corrected chi connectivity index (χ1v) is 6.18. The second-order valence-electron chi connectivity index (χ2n) is 4.51. The van der Waals surface area contributed by atoms with Gasteiger partial charge in [-0.3, -0.25) is 0 Å².